The third-order valence-corrected chi connectivity index (χ3v) is 22.9. The molecule has 0 spiro atoms. The van der Waals surface area contributed by atoms with Gasteiger partial charge in [-0.2, -0.15) is 0 Å². The van der Waals surface area contributed by atoms with Crippen LogP contribution in [0, 0.1) is 0 Å². The predicted molar refractivity (Wildman–Crippen MR) is 370 cm³/mol. The summed E-state index contributed by atoms with van der Waals surface area (Å²) in [4.78, 5) is 0. The molecule has 6 aromatic carbocycles. The summed E-state index contributed by atoms with van der Waals surface area (Å²) in [5.74, 6) is 3.90. The van der Waals surface area contributed by atoms with Gasteiger partial charge in [0.2, 0.25) is 0 Å². The van der Waals surface area contributed by atoms with Crippen molar-refractivity contribution in [1.82, 2.24) is 0 Å². The first-order valence-corrected chi connectivity index (χ1v) is 36.0. The molecule has 0 bridgehead atoms. The molecule has 13 rings (SSSR count). The smallest absolute Gasteiger partial charge is 0.00543 e. The van der Waals surface area contributed by atoms with E-state index >= 15 is 0 Å². The number of benzene rings is 6. The van der Waals surface area contributed by atoms with E-state index in [-0.39, 0.29) is 0 Å². The van der Waals surface area contributed by atoms with Gasteiger partial charge in [-0.25, -0.2) is 0 Å². The van der Waals surface area contributed by atoms with Gasteiger partial charge in [-0.3, -0.25) is 0 Å². The first-order valence-electron chi connectivity index (χ1n) is 36.0. The predicted octanol–water partition coefficient (Wildman–Crippen LogP) is 25.7. The maximum Gasteiger partial charge on any atom is -0.00543 e. The second kappa shape index (κ2) is 28.6. The average Bonchev–Trinajstić information content (AvgIpc) is 1.46. The van der Waals surface area contributed by atoms with E-state index < -0.39 is 0 Å². The van der Waals surface area contributed by atoms with Crippen molar-refractivity contribution in [2.75, 3.05) is 0 Å². The minimum Gasteiger partial charge on any atom is -0.0757 e. The van der Waals surface area contributed by atoms with E-state index in [2.05, 4.69) is 159 Å². The lowest BCUT2D eigenvalue weighted by molar-refractivity contribution is 0.435. The Labute approximate surface area is 521 Å². The van der Waals surface area contributed by atoms with Crippen molar-refractivity contribution in [1.29, 1.82) is 0 Å². The molecule has 6 fully saturated rings. The lowest BCUT2D eigenvalue weighted by Crippen LogP contribution is -2.12. The van der Waals surface area contributed by atoms with Crippen molar-refractivity contribution in [3.8, 4) is 22.3 Å². The van der Waals surface area contributed by atoms with E-state index in [1.807, 2.05) is 0 Å². The molecule has 6 saturated carbocycles. The Bertz CT molecular complexity index is 3310. The zero-order chi connectivity index (χ0) is 58.0. The zero-order valence-corrected chi connectivity index (χ0v) is 53.4. The first kappa shape index (κ1) is 59.3. The largest absolute Gasteiger partial charge is 0.0757 e. The highest BCUT2D eigenvalue weighted by Gasteiger charge is 2.31. The van der Waals surface area contributed by atoms with E-state index in [9.17, 15) is 0 Å². The second-order valence-electron chi connectivity index (χ2n) is 28.8. The molecular weight excluding hydrogens is 1030 g/mol. The summed E-state index contributed by atoms with van der Waals surface area (Å²) < 4.78 is 0. The van der Waals surface area contributed by atoms with Crippen LogP contribution in [-0.4, -0.2) is 0 Å². The van der Waals surface area contributed by atoms with E-state index in [4.69, 9.17) is 0 Å². The Morgan fingerprint density at radius 2 is 0.756 bits per heavy atom. The summed E-state index contributed by atoms with van der Waals surface area (Å²) in [6.07, 6.45) is 49.8. The molecule has 0 N–H and O–H groups in total. The van der Waals surface area contributed by atoms with E-state index in [1.54, 1.807) is 33.4 Å². The molecule has 0 heterocycles. The van der Waals surface area contributed by atoms with Crippen molar-refractivity contribution >= 4 is 11.1 Å². The molecule has 0 unspecified atom stereocenters. The highest BCUT2D eigenvalue weighted by atomic mass is 14.3. The van der Waals surface area contributed by atoms with E-state index in [1.165, 1.54) is 271 Å². The average molecular weight is 1140 g/mol. The summed E-state index contributed by atoms with van der Waals surface area (Å²) in [5, 5.41) is 0. The van der Waals surface area contributed by atoms with Gasteiger partial charge in [0, 0.05) is 0 Å². The molecule has 6 aromatic rings. The fourth-order valence-corrected chi connectivity index (χ4v) is 18.3. The van der Waals surface area contributed by atoms with Crippen molar-refractivity contribution < 1.29 is 0 Å². The van der Waals surface area contributed by atoms with Crippen LogP contribution >= 0.6 is 0 Å². The van der Waals surface area contributed by atoms with Crippen molar-refractivity contribution in [3.05, 3.63) is 224 Å². The Morgan fingerprint density at radius 1 is 0.326 bits per heavy atom. The molecule has 0 aromatic heterocycles. The Kier molecular flexibility index (Phi) is 19.7. The van der Waals surface area contributed by atoms with Crippen LogP contribution < -0.4 is 0 Å². The number of rotatable bonds is 16. The lowest BCUT2D eigenvalue weighted by atomic mass is 9.73. The van der Waals surface area contributed by atoms with Crippen molar-refractivity contribution in [2.45, 2.75) is 268 Å². The van der Waals surface area contributed by atoms with Crippen LogP contribution in [0.4, 0.5) is 0 Å². The standard InChI is InChI=1S/C86H104/c1-61(52-63-30-29-44-70(54-63)64-31-9-3-10-32-64)86(84-51-28-27-50-83(84)82-49-26-25-48-81(82)80-47-24-23-46-79(80)69-41-19-8-20-42-69)85(77-59-74(67-37-15-6-16-38-67)56-75(60-77)68-39-17-7-18-40-68)62(2)53-71-43-21-22-45-78(71)76-57-72(65-33-11-4-12-34-65)55-73(58-76)66-35-13-5-14-36-66/h21-26,29-30,43-51,54-60,64-69H,3-20,27-28,31-42,52-53H2,1-2H3/b85-62-,86-61-. The molecule has 0 amide bonds. The minimum absolute atomic E-state index is 0.619. The first-order chi connectivity index (χ1) is 42.5. The van der Waals surface area contributed by atoms with Crippen LogP contribution in [0.25, 0.3) is 33.4 Å². The fraction of sp³-hybridized carbons (Fsp3) is 0.488. The number of allylic oxidation sites excluding steroid dienone is 8. The van der Waals surface area contributed by atoms with Gasteiger partial charge in [0.15, 0.2) is 0 Å². The topological polar surface area (TPSA) is 0 Å². The van der Waals surface area contributed by atoms with Crippen LogP contribution in [0.15, 0.2) is 168 Å². The molecule has 7 aliphatic carbocycles. The molecule has 0 saturated heterocycles. The maximum absolute atomic E-state index is 2.77. The Balaban J connectivity index is 1.02. The molecule has 86 heavy (non-hydrogen) atoms. The van der Waals surface area contributed by atoms with Crippen LogP contribution in [-0.2, 0) is 12.8 Å². The summed E-state index contributed by atoms with van der Waals surface area (Å²) in [5.41, 5.74) is 30.1. The minimum atomic E-state index is 0.619. The van der Waals surface area contributed by atoms with Gasteiger partial charge in [0.05, 0.1) is 0 Å². The summed E-state index contributed by atoms with van der Waals surface area (Å²) in [6.45, 7) is 5.15. The highest BCUT2D eigenvalue weighted by Crippen LogP contribution is 2.50. The van der Waals surface area contributed by atoms with Gasteiger partial charge in [0.25, 0.3) is 0 Å². The highest BCUT2D eigenvalue weighted by molar-refractivity contribution is 6.00. The third kappa shape index (κ3) is 13.8. The quantitative estimate of drug-likeness (QED) is 0.0848. The number of hydrogen-bond donors (Lipinski definition) is 0. The molecule has 0 nitrogen and oxygen atoms in total. The monoisotopic (exact) mass is 1140 g/mol. The van der Waals surface area contributed by atoms with E-state index in [0.29, 0.717) is 35.5 Å². The fourth-order valence-electron chi connectivity index (χ4n) is 18.3. The Morgan fingerprint density at radius 3 is 1.30 bits per heavy atom. The van der Waals surface area contributed by atoms with Gasteiger partial charge in [-0.15, -0.1) is 0 Å². The molecule has 0 aliphatic heterocycles. The maximum atomic E-state index is 2.77. The van der Waals surface area contributed by atoms with Gasteiger partial charge in [-0.05, 0) is 252 Å². The summed E-state index contributed by atoms with van der Waals surface area (Å²) >= 11 is 0. The van der Waals surface area contributed by atoms with Crippen molar-refractivity contribution in [3.63, 3.8) is 0 Å². The summed E-state index contributed by atoms with van der Waals surface area (Å²) in [6, 6.07) is 55.3. The molecule has 0 radical (unpaired) electrons. The molecule has 448 valence electrons. The van der Waals surface area contributed by atoms with Crippen LogP contribution in [0.2, 0.25) is 0 Å². The molecular formula is C86H104. The van der Waals surface area contributed by atoms with Crippen molar-refractivity contribution in [2.24, 2.45) is 0 Å². The van der Waals surface area contributed by atoms with Gasteiger partial charge in [0.1, 0.15) is 0 Å². The van der Waals surface area contributed by atoms with Gasteiger partial charge >= 0.3 is 0 Å². The summed E-state index contributed by atoms with van der Waals surface area (Å²) in [7, 11) is 0. The zero-order valence-electron chi connectivity index (χ0n) is 53.4. The third-order valence-electron chi connectivity index (χ3n) is 22.9. The lowest BCUT2D eigenvalue weighted by Gasteiger charge is -2.31. The molecule has 0 heteroatoms. The molecule has 0 atom stereocenters. The van der Waals surface area contributed by atoms with E-state index in [0.717, 1.165) is 25.7 Å². The SMILES string of the molecule is C/C(Cc1cccc(C2CCCCC2)c1)=C(C1=CCCC=C1c1ccccc1-c1ccccc1C1CCCCC1)/C(=C(/C)Cc1ccccc1-c1cc(C2CCCCC2)cc(C2CCCCC2)c1)c1cc(C2CCCCC2)cc(C2CCCCC2)c1. The normalized spacial score (nSPS) is 20.9. The number of hydrogen-bond acceptors (Lipinski definition) is 0. The van der Waals surface area contributed by atoms with Crippen LogP contribution in [0.5, 0.6) is 0 Å². The molecule has 7 aliphatic rings. The van der Waals surface area contributed by atoms with Gasteiger partial charge < -0.3 is 0 Å². The Hall–Kier alpha value is -5.72. The van der Waals surface area contributed by atoms with Gasteiger partial charge in [-0.1, -0.05) is 272 Å². The van der Waals surface area contributed by atoms with Crippen LogP contribution in [0.3, 0.4) is 0 Å². The van der Waals surface area contributed by atoms with Crippen LogP contribution in [0.1, 0.15) is 310 Å². The second-order valence-corrected chi connectivity index (χ2v) is 28.8.